The molecule has 2 amide bonds. The standard InChI is InChI=1S/C4H3NO3S/c6-2-1-9-4(8)3(7)5-2/h1H2,(H,5,6,7). The van der Waals surface area contributed by atoms with E-state index in [2.05, 4.69) is 0 Å². The van der Waals surface area contributed by atoms with Crippen LogP contribution in [0, 0.1) is 0 Å². The molecule has 1 saturated heterocycles. The van der Waals surface area contributed by atoms with Crippen molar-refractivity contribution in [2.24, 2.45) is 0 Å². The Hall–Kier alpha value is -0.840. The second-order valence-electron chi connectivity index (χ2n) is 1.45. The van der Waals surface area contributed by atoms with E-state index < -0.39 is 16.9 Å². The lowest BCUT2D eigenvalue weighted by Gasteiger charge is -2.06. The molecule has 1 N–H and O–H groups in total. The van der Waals surface area contributed by atoms with Gasteiger partial charge in [0.25, 0.3) is 5.12 Å². The second kappa shape index (κ2) is 2.18. The van der Waals surface area contributed by atoms with Crippen molar-refractivity contribution >= 4 is 28.7 Å². The maximum Gasteiger partial charge on any atom is 0.305 e. The van der Waals surface area contributed by atoms with Gasteiger partial charge in [-0.1, -0.05) is 11.8 Å². The molecule has 0 radical (unpaired) electrons. The van der Waals surface area contributed by atoms with Gasteiger partial charge in [0.15, 0.2) is 0 Å². The summed E-state index contributed by atoms with van der Waals surface area (Å²) in [6.07, 6.45) is 0. The van der Waals surface area contributed by atoms with Crippen molar-refractivity contribution in [3.05, 3.63) is 0 Å². The lowest BCUT2D eigenvalue weighted by Crippen LogP contribution is -2.40. The summed E-state index contributed by atoms with van der Waals surface area (Å²) in [5.41, 5.74) is 0. The Labute approximate surface area is 55.0 Å². The van der Waals surface area contributed by atoms with E-state index in [4.69, 9.17) is 0 Å². The lowest BCUT2D eigenvalue weighted by molar-refractivity contribution is -0.137. The molecule has 0 aromatic carbocycles. The van der Waals surface area contributed by atoms with Crippen LogP contribution in [0.2, 0.25) is 0 Å². The highest BCUT2D eigenvalue weighted by Gasteiger charge is 2.23. The first kappa shape index (κ1) is 6.28. The highest BCUT2D eigenvalue weighted by atomic mass is 32.2. The van der Waals surface area contributed by atoms with Gasteiger partial charge in [-0.05, 0) is 0 Å². The Balaban J connectivity index is 2.64. The van der Waals surface area contributed by atoms with Crippen molar-refractivity contribution in [1.82, 2.24) is 5.32 Å². The average molecular weight is 145 g/mol. The van der Waals surface area contributed by atoms with Gasteiger partial charge in [-0.3, -0.25) is 19.7 Å². The van der Waals surface area contributed by atoms with Crippen LogP contribution in [0.1, 0.15) is 0 Å². The predicted octanol–water partition coefficient (Wildman–Crippen LogP) is -1.10. The van der Waals surface area contributed by atoms with E-state index in [1.54, 1.807) is 0 Å². The third-order valence-corrected chi connectivity index (χ3v) is 1.63. The fraction of sp³-hybridized carbons (Fsp3) is 0.250. The minimum absolute atomic E-state index is 0.0601. The molecular weight excluding hydrogens is 142 g/mol. The molecule has 1 fully saturated rings. The summed E-state index contributed by atoms with van der Waals surface area (Å²) in [6, 6.07) is 0. The van der Waals surface area contributed by atoms with E-state index in [0.29, 0.717) is 0 Å². The molecular formula is C4H3NO3S. The quantitative estimate of drug-likeness (QED) is 0.347. The van der Waals surface area contributed by atoms with E-state index in [-0.39, 0.29) is 5.75 Å². The van der Waals surface area contributed by atoms with Crippen LogP contribution >= 0.6 is 11.8 Å². The molecule has 0 unspecified atom stereocenters. The third-order valence-electron chi connectivity index (χ3n) is 0.773. The van der Waals surface area contributed by atoms with E-state index in [0.717, 1.165) is 11.8 Å². The summed E-state index contributed by atoms with van der Waals surface area (Å²) >= 11 is 0.734. The monoisotopic (exact) mass is 145 g/mol. The fourth-order valence-electron chi connectivity index (χ4n) is 0.410. The van der Waals surface area contributed by atoms with Crippen molar-refractivity contribution in [3.63, 3.8) is 0 Å². The molecule has 0 aromatic heterocycles. The van der Waals surface area contributed by atoms with Gasteiger partial charge >= 0.3 is 5.91 Å². The number of nitrogens with one attached hydrogen (secondary N) is 1. The number of amides is 2. The molecule has 9 heavy (non-hydrogen) atoms. The fourth-order valence-corrected chi connectivity index (χ4v) is 0.927. The van der Waals surface area contributed by atoms with E-state index >= 15 is 0 Å². The zero-order valence-corrected chi connectivity index (χ0v) is 5.16. The van der Waals surface area contributed by atoms with Crippen LogP contribution in [0.5, 0.6) is 0 Å². The van der Waals surface area contributed by atoms with Gasteiger partial charge in [-0.2, -0.15) is 0 Å². The van der Waals surface area contributed by atoms with E-state index in [1.165, 1.54) is 0 Å². The summed E-state index contributed by atoms with van der Waals surface area (Å²) in [5.74, 6) is -1.15. The molecule has 0 bridgehead atoms. The van der Waals surface area contributed by atoms with Crippen LogP contribution in [0.4, 0.5) is 0 Å². The van der Waals surface area contributed by atoms with Gasteiger partial charge in [0, 0.05) is 0 Å². The molecule has 1 aliphatic rings. The van der Waals surface area contributed by atoms with Crippen LogP contribution in [0.3, 0.4) is 0 Å². The largest absolute Gasteiger partial charge is 0.305 e. The van der Waals surface area contributed by atoms with Crippen LogP contribution in [-0.2, 0) is 14.4 Å². The van der Waals surface area contributed by atoms with Gasteiger partial charge in [-0.25, -0.2) is 0 Å². The Morgan fingerprint density at radius 2 is 2.00 bits per heavy atom. The number of thioether (sulfide) groups is 1. The molecule has 0 saturated carbocycles. The minimum Gasteiger partial charge on any atom is -0.288 e. The Morgan fingerprint density at radius 3 is 2.44 bits per heavy atom. The molecule has 4 nitrogen and oxygen atoms in total. The van der Waals surface area contributed by atoms with E-state index in [9.17, 15) is 14.4 Å². The summed E-state index contributed by atoms with van der Waals surface area (Å²) in [5, 5.41) is 1.29. The maximum absolute atomic E-state index is 10.3. The first-order chi connectivity index (χ1) is 4.20. The Kier molecular flexibility index (Phi) is 1.52. The maximum atomic E-state index is 10.3. The lowest BCUT2D eigenvalue weighted by atomic mass is 10.6. The summed E-state index contributed by atoms with van der Waals surface area (Å²) in [4.78, 5) is 31.0. The van der Waals surface area contributed by atoms with Gasteiger partial charge < -0.3 is 0 Å². The summed E-state index contributed by atoms with van der Waals surface area (Å²) < 4.78 is 0. The Morgan fingerprint density at radius 1 is 1.33 bits per heavy atom. The topological polar surface area (TPSA) is 63.2 Å². The first-order valence-electron chi connectivity index (χ1n) is 2.21. The highest BCUT2D eigenvalue weighted by Crippen LogP contribution is 2.05. The van der Waals surface area contributed by atoms with E-state index in [1.807, 2.05) is 5.32 Å². The number of carbonyl (C=O) groups is 3. The van der Waals surface area contributed by atoms with Crippen LogP contribution in [0.25, 0.3) is 0 Å². The Bertz CT molecular complexity index is 188. The molecule has 1 aliphatic heterocycles. The SMILES string of the molecule is O=C1CSC(=O)C(=O)N1. The molecule has 0 spiro atoms. The van der Waals surface area contributed by atoms with Gasteiger partial charge in [0.05, 0.1) is 5.75 Å². The molecule has 1 heterocycles. The molecule has 1 rings (SSSR count). The first-order valence-corrected chi connectivity index (χ1v) is 3.19. The predicted molar refractivity (Wildman–Crippen MR) is 30.6 cm³/mol. The molecule has 5 heteroatoms. The smallest absolute Gasteiger partial charge is 0.288 e. The zero-order chi connectivity index (χ0) is 6.85. The van der Waals surface area contributed by atoms with Crippen molar-refractivity contribution in [1.29, 1.82) is 0 Å². The molecule has 0 aromatic rings. The van der Waals surface area contributed by atoms with Crippen molar-refractivity contribution in [3.8, 4) is 0 Å². The number of rotatable bonds is 0. The number of imide groups is 1. The second-order valence-corrected chi connectivity index (χ2v) is 2.40. The summed E-state index contributed by atoms with van der Waals surface area (Å²) in [6.45, 7) is 0. The average Bonchev–Trinajstić information content (AvgIpc) is 1.80. The normalized spacial score (nSPS) is 19.8. The van der Waals surface area contributed by atoms with Crippen molar-refractivity contribution < 1.29 is 14.4 Å². The number of hydrogen-bond donors (Lipinski definition) is 1. The summed E-state index contributed by atoms with van der Waals surface area (Å²) in [7, 11) is 0. The third kappa shape index (κ3) is 1.29. The van der Waals surface area contributed by atoms with Crippen molar-refractivity contribution in [2.75, 3.05) is 5.75 Å². The van der Waals surface area contributed by atoms with Crippen molar-refractivity contribution in [2.45, 2.75) is 0 Å². The van der Waals surface area contributed by atoms with Gasteiger partial charge in [0.2, 0.25) is 5.91 Å². The number of carbonyl (C=O) groups excluding carboxylic acids is 3. The molecule has 0 atom stereocenters. The number of hydrogen-bond acceptors (Lipinski definition) is 4. The van der Waals surface area contributed by atoms with Crippen LogP contribution < -0.4 is 5.32 Å². The van der Waals surface area contributed by atoms with Gasteiger partial charge in [-0.15, -0.1) is 0 Å². The van der Waals surface area contributed by atoms with Crippen LogP contribution in [0.15, 0.2) is 0 Å². The minimum atomic E-state index is -0.809. The highest BCUT2D eigenvalue weighted by molar-refractivity contribution is 8.16. The molecule has 0 aliphatic carbocycles. The molecule has 48 valence electrons. The van der Waals surface area contributed by atoms with Gasteiger partial charge in [0.1, 0.15) is 0 Å². The zero-order valence-electron chi connectivity index (χ0n) is 4.34. The van der Waals surface area contributed by atoms with Crippen LogP contribution in [-0.4, -0.2) is 22.7 Å².